The summed E-state index contributed by atoms with van der Waals surface area (Å²) >= 11 is 0. The van der Waals surface area contributed by atoms with Gasteiger partial charge in [0.25, 0.3) is 0 Å². The Bertz CT molecular complexity index is 996. The molecular formula is C26H33N3O6. The van der Waals surface area contributed by atoms with Crippen LogP contribution in [0.3, 0.4) is 0 Å². The molecule has 0 heterocycles. The van der Waals surface area contributed by atoms with E-state index in [1.807, 2.05) is 36.4 Å². The second-order valence-electron chi connectivity index (χ2n) is 8.71. The second-order valence-corrected chi connectivity index (χ2v) is 8.71. The van der Waals surface area contributed by atoms with Crippen LogP contribution in [0.15, 0.2) is 48.5 Å². The molecule has 0 saturated heterocycles. The Morgan fingerprint density at radius 2 is 1.63 bits per heavy atom. The van der Waals surface area contributed by atoms with E-state index < -0.39 is 30.1 Å². The van der Waals surface area contributed by atoms with Gasteiger partial charge in [-0.25, -0.2) is 9.59 Å². The van der Waals surface area contributed by atoms with Gasteiger partial charge < -0.3 is 30.1 Å². The van der Waals surface area contributed by atoms with Crippen LogP contribution in [0.4, 0.5) is 4.79 Å². The van der Waals surface area contributed by atoms with E-state index in [4.69, 9.17) is 9.47 Å². The van der Waals surface area contributed by atoms with E-state index in [0.717, 1.165) is 22.3 Å². The molecule has 35 heavy (non-hydrogen) atoms. The fourth-order valence-electron chi connectivity index (χ4n) is 4.28. The van der Waals surface area contributed by atoms with Crippen LogP contribution in [0, 0.1) is 0 Å². The molecule has 0 radical (unpaired) electrons. The monoisotopic (exact) mass is 483 g/mol. The average molecular weight is 484 g/mol. The number of alkyl carbamates (subject to hydrolysis) is 1. The molecule has 0 saturated carbocycles. The third-order valence-electron chi connectivity index (χ3n) is 5.81. The first-order valence-corrected chi connectivity index (χ1v) is 11.7. The number of fused-ring (bicyclic) bond motifs is 3. The fraction of sp³-hybridized carbons (Fsp3) is 0.423. The number of ether oxygens (including phenoxy) is 2. The highest BCUT2D eigenvalue weighted by atomic mass is 16.5. The van der Waals surface area contributed by atoms with Gasteiger partial charge in [0.15, 0.2) is 0 Å². The molecule has 2 amide bonds. The molecule has 3 rings (SSSR count). The zero-order valence-corrected chi connectivity index (χ0v) is 20.3. The molecule has 9 heteroatoms. The molecular weight excluding hydrogens is 450 g/mol. The molecule has 3 N–H and O–H groups in total. The predicted molar refractivity (Wildman–Crippen MR) is 131 cm³/mol. The predicted octanol–water partition coefficient (Wildman–Crippen LogP) is 2.45. The zero-order chi connectivity index (χ0) is 25.4. The summed E-state index contributed by atoms with van der Waals surface area (Å²) in [6, 6.07) is 15.1. The Morgan fingerprint density at radius 3 is 2.17 bits per heavy atom. The Kier molecular flexibility index (Phi) is 9.22. The van der Waals surface area contributed by atoms with Gasteiger partial charge in [-0.15, -0.1) is 0 Å². The molecule has 0 aliphatic heterocycles. The van der Waals surface area contributed by atoms with Crippen molar-refractivity contribution >= 4 is 18.0 Å². The van der Waals surface area contributed by atoms with Gasteiger partial charge in [-0.05, 0) is 43.3 Å². The number of hydrogen-bond donors (Lipinski definition) is 3. The third kappa shape index (κ3) is 7.03. The smallest absolute Gasteiger partial charge is 0.407 e. The van der Waals surface area contributed by atoms with Crippen molar-refractivity contribution in [3.8, 4) is 11.1 Å². The number of hydrogen-bond acceptors (Lipinski definition) is 6. The van der Waals surface area contributed by atoms with Crippen molar-refractivity contribution in [1.29, 1.82) is 0 Å². The lowest BCUT2D eigenvalue weighted by molar-refractivity contribution is -0.142. The number of rotatable bonds is 12. The number of carbonyl (C=O) groups excluding carboxylic acids is 2. The standard InChI is InChI=1S/C26H33N3O6/c1-4-34-17(13-24(30)28-23(25(31)32)15-29(2)3)14-27-26(33)35-16-22-20-11-7-5-9-18(20)19-10-6-8-12-21(19)22/h5-12,17,22-23H,4,13-16H2,1-3H3,(H,27,33)(H,28,30)(H,31,32)/t17?,23-/m0/s1. The Labute approximate surface area is 205 Å². The Morgan fingerprint density at radius 1 is 1.03 bits per heavy atom. The van der Waals surface area contributed by atoms with Crippen molar-refractivity contribution in [3.05, 3.63) is 59.7 Å². The number of aliphatic carboxylic acids is 1. The van der Waals surface area contributed by atoms with Crippen molar-refractivity contribution < 1.29 is 29.0 Å². The number of carboxylic acids is 1. The van der Waals surface area contributed by atoms with Crippen LogP contribution in [0.2, 0.25) is 0 Å². The van der Waals surface area contributed by atoms with Gasteiger partial charge >= 0.3 is 12.1 Å². The molecule has 2 aromatic rings. The number of benzene rings is 2. The van der Waals surface area contributed by atoms with Crippen LogP contribution in [0.5, 0.6) is 0 Å². The van der Waals surface area contributed by atoms with E-state index in [1.54, 1.807) is 25.9 Å². The minimum absolute atomic E-state index is 0.0498. The molecule has 0 spiro atoms. The van der Waals surface area contributed by atoms with E-state index in [-0.39, 0.29) is 32.0 Å². The van der Waals surface area contributed by atoms with E-state index in [9.17, 15) is 19.5 Å². The molecule has 0 fully saturated rings. The first-order chi connectivity index (χ1) is 16.8. The van der Waals surface area contributed by atoms with Crippen LogP contribution >= 0.6 is 0 Å². The van der Waals surface area contributed by atoms with Crippen LogP contribution in [-0.2, 0) is 19.1 Å². The average Bonchev–Trinajstić information content (AvgIpc) is 3.14. The van der Waals surface area contributed by atoms with Crippen LogP contribution in [-0.4, -0.2) is 80.5 Å². The normalized spacial score (nSPS) is 14.1. The summed E-state index contributed by atoms with van der Waals surface area (Å²) in [5.41, 5.74) is 4.54. The fourth-order valence-corrected chi connectivity index (χ4v) is 4.28. The number of amides is 2. The summed E-state index contributed by atoms with van der Waals surface area (Å²) < 4.78 is 11.1. The van der Waals surface area contributed by atoms with Gasteiger partial charge in [0.05, 0.1) is 12.5 Å². The first kappa shape index (κ1) is 26.2. The lowest BCUT2D eigenvalue weighted by atomic mass is 9.98. The maximum absolute atomic E-state index is 12.4. The van der Waals surface area contributed by atoms with Gasteiger partial charge in [0.1, 0.15) is 12.6 Å². The van der Waals surface area contributed by atoms with Crippen LogP contribution in [0.25, 0.3) is 11.1 Å². The van der Waals surface area contributed by atoms with Gasteiger partial charge in [-0.2, -0.15) is 0 Å². The van der Waals surface area contributed by atoms with Gasteiger partial charge in [-0.3, -0.25) is 4.79 Å². The van der Waals surface area contributed by atoms with E-state index in [1.165, 1.54) is 0 Å². The summed E-state index contributed by atoms with van der Waals surface area (Å²) in [5, 5.41) is 14.5. The quantitative estimate of drug-likeness (QED) is 0.425. The number of carboxylic acid groups (broad SMARTS) is 1. The summed E-state index contributed by atoms with van der Waals surface area (Å²) in [7, 11) is 3.45. The molecule has 2 aromatic carbocycles. The minimum atomic E-state index is -1.11. The number of nitrogens with one attached hydrogen (secondary N) is 2. The number of nitrogens with zero attached hydrogens (tertiary/aromatic N) is 1. The van der Waals surface area contributed by atoms with E-state index in [0.29, 0.717) is 6.61 Å². The molecule has 1 aliphatic carbocycles. The van der Waals surface area contributed by atoms with E-state index in [2.05, 4.69) is 22.8 Å². The molecule has 1 unspecified atom stereocenters. The maximum atomic E-state index is 12.4. The SMILES string of the molecule is CCOC(CNC(=O)OCC1c2ccccc2-c2ccccc21)CC(=O)N[C@@H](CN(C)C)C(=O)O. The highest BCUT2D eigenvalue weighted by molar-refractivity contribution is 5.84. The largest absolute Gasteiger partial charge is 0.480 e. The highest BCUT2D eigenvalue weighted by Gasteiger charge is 2.29. The van der Waals surface area contributed by atoms with Crippen molar-refractivity contribution in [2.75, 3.05) is 40.4 Å². The van der Waals surface area contributed by atoms with E-state index >= 15 is 0 Å². The summed E-state index contributed by atoms with van der Waals surface area (Å²) in [6.07, 6.45) is -1.31. The summed E-state index contributed by atoms with van der Waals surface area (Å²) in [5.74, 6) is -1.63. The van der Waals surface area contributed by atoms with Crippen LogP contribution < -0.4 is 10.6 Å². The topological polar surface area (TPSA) is 117 Å². The number of carbonyl (C=O) groups is 3. The summed E-state index contributed by atoms with van der Waals surface area (Å²) in [4.78, 5) is 37.9. The third-order valence-corrected chi connectivity index (χ3v) is 5.81. The molecule has 188 valence electrons. The minimum Gasteiger partial charge on any atom is -0.480 e. The van der Waals surface area contributed by atoms with Crippen molar-refractivity contribution in [2.45, 2.75) is 31.4 Å². The van der Waals surface area contributed by atoms with Gasteiger partial charge in [0, 0.05) is 25.6 Å². The van der Waals surface area contributed by atoms with Crippen molar-refractivity contribution in [3.63, 3.8) is 0 Å². The Balaban J connectivity index is 1.52. The van der Waals surface area contributed by atoms with Gasteiger partial charge in [-0.1, -0.05) is 48.5 Å². The highest BCUT2D eigenvalue weighted by Crippen LogP contribution is 2.44. The molecule has 0 bridgehead atoms. The van der Waals surface area contributed by atoms with Crippen molar-refractivity contribution in [1.82, 2.24) is 15.5 Å². The molecule has 0 aromatic heterocycles. The lowest BCUT2D eigenvalue weighted by Crippen LogP contribution is -2.48. The Hall–Kier alpha value is -3.43. The molecule has 9 nitrogen and oxygen atoms in total. The second kappa shape index (κ2) is 12.3. The number of likely N-dealkylation sites (N-methyl/N-ethyl adjacent to an activating group) is 1. The zero-order valence-electron chi connectivity index (χ0n) is 20.3. The van der Waals surface area contributed by atoms with Crippen LogP contribution in [0.1, 0.15) is 30.4 Å². The summed E-state index contributed by atoms with van der Waals surface area (Å²) in [6.45, 7) is 2.53. The van der Waals surface area contributed by atoms with Crippen molar-refractivity contribution in [2.24, 2.45) is 0 Å². The maximum Gasteiger partial charge on any atom is 0.407 e. The molecule has 1 aliphatic rings. The molecule has 2 atom stereocenters. The lowest BCUT2D eigenvalue weighted by Gasteiger charge is -2.21. The van der Waals surface area contributed by atoms with Gasteiger partial charge in [0.2, 0.25) is 5.91 Å². The first-order valence-electron chi connectivity index (χ1n) is 11.7.